The minimum atomic E-state index is -3.89. The zero-order chi connectivity index (χ0) is 27.3. The van der Waals surface area contributed by atoms with E-state index in [-0.39, 0.29) is 11.4 Å². The zero-order valence-electron chi connectivity index (χ0n) is 19.9. The average Bonchev–Trinajstić information content (AvgIpc) is 3.12. The predicted octanol–water partition coefficient (Wildman–Crippen LogP) is 1.86. The van der Waals surface area contributed by atoms with Crippen LogP contribution in [0.5, 0.6) is 0 Å². The molecule has 10 nitrogen and oxygen atoms in total. The average molecular weight is 723 g/mol. The fourth-order valence-corrected chi connectivity index (χ4v) is 6.72. The van der Waals surface area contributed by atoms with Gasteiger partial charge in [0.15, 0.2) is 0 Å². The number of esters is 1. The third kappa shape index (κ3) is 6.46. The number of carbonyl (C=O) groups excluding carboxylic acids is 3. The molecule has 13 heteroatoms. The van der Waals surface area contributed by atoms with E-state index in [1.807, 2.05) is 0 Å². The zero-order valence-corrected chi connectivity index (χ0v) is 23.8. The van der Waals surface area contributed by atoms with Crippen LogP contribution >= 0.6 is 0 Å². The second kappa shape index (κ2) is 11.9. The second-order valence-electron chi connectivity index (χ2n) is 8.17. The van der Waals surface area contributed by atoms with Crippen molar-refractivity contribution in [1.29, 1.82) is 0 Å². The molecule has 1 N–H and O–H groups in total. The van der Waals surface area contributed by atoms with Gasteiger partial charge in [0.2, 0.25) is 0 Å². The number of hydrogen-bond acceptors (Lipinski definition) is 8. The number of rotatable bonds is 8. The Morgan fingerprint density at radius 1 is 1.08 bits per heavy atom. The quantitative estimate of drug-likeness (QED) is 0.276. The van der Waals surface area contributed by atoms with Crippen LogP contribution in [-0.2, 0) is 19.0 Å². The number of aromatic nitrogens is 2. The first kappa shape index (κ1) is 27.5. The standard InChI is InChI=1S/C19H16F2N3O7.C6H5.Bi.H/c1-11(26)22-14-7-8-24(18(28)23-14)17-19(20,21)15(30-10-25)13(31-17)9-29-16(27)12-5-3-2-4-6-12;1-2-4-6-5-3-1;;/h2-8,13,15,17H,9H2,1H3,(H,22,23,26,28);1-5H;;/t13-,15+,17-;;;/m1.../s1. The maximum atomic E-state index is 15.7. The number of nitrogens with zero attached hydrogens (tertiary/aromatic N) is 2. The molecule has 1 aliphatic rings. The molecule has 1 fully saturated rings. The summed E-state index contributed by atoms with van der Waals surface area (Å²) in [6.45, 7) is 0.533. The van der Waals surface area contributed by atoms with Gasteiger partial charge in [-0.2, -0.15) is 0 Å². The SMILES string of the molecule is CC(=O)Nc1ccn([C@@H]2O[C@H](COC(=O)c3ccccc3)[C@H](O[C](=O)[BiH][c]3ccccc3)C2(F)F)c(=O)n1. The number of nitrogens with one attached hydrogen (secondary N) is 1. The molecule has 0 bridgehead atoms. The molecule has 1 amide bonds. The monoisotopic (exact) mass is 723 g/mol. The van der Waals surface area contributed by atoms with Gasteiger partial charge in [0.1, 0.15) is 0 Å². The fourth-order valence-electron chi connectivity index (χ4n) is 3.69. The molecule has 2 heterocycles. The molecule has 3 atom stereocenters. The first-order valence-corrected chi connectivity index (χ1v) is 15.2. The molecule has 2 aromatic carbocycles. The van der Waals surface area contributed by atoms with E-state index in [1.165, 1.54) is 19.1 Å². The van der Waals surface area contributed by atoms with Gasteiger partial charge in [0.05, 0.1) is 0 Å². The number of carbonyl (C=O) groups is 3. The van der Waals surface area contributed by atoms with E-state index < -0.39 is 75.4 Å². The molecule has 1 saturated heterocycles. The van der Waals surface area contributed by atoms with E-state index in [0.717, 1.165) is 15.5 Å². The van der Waals surface area contributed by atoms with Crippen LogP contribution in [0.15, 0.2) is 77.7 Å². The predicted molar refractivity (Wildman–Crippen MR) is 132 cm³/mol. The summed E-state index contributed by atoms with van der Waals surface area (Å²) in [4.78, 5) is 52.4. The van der Waals surface area contributed by atoms with Crippen molar-refractivity contribution < 1.29 is 37.4 Å². The van der Waals surface area contributed by atoms with Crippen LogP contribution in [0.25, 0.3) is 0 Å². The van der Waals surface area contributed by atoms with E-state index in [1.54, 1.807) is 48.5 Å². The van der Waals surface area contributed by atoms with Gasteiger partial charge in [-0.05, 0) is 0 Å². The molecule has 0 aliphatic carbocycles. The van der Waals surface area contributed by atoms with Gasteiger partial charge in [-0.1, -0.05) is 0 Å². The number of anilines is 1. The minimum absolute atomic E-state index is 0.132. The third-order valence-electron chi connectivity index (χ3n) is 5.38. The van der Waals surface area contributed by atoms with E-state index in [4.69, 9.17) is 14.2 Å². The molecule has 1 aliphatic heterocycles. The van der Waals surface area contributed by atoms with Gasteiger partial charge in [-0.25, -0.2) is 0 Å². The van der Waals surface area contributed by atoms with Gasteiger partial charge in [-0.3, -0.25) is 0 Å². The number of hydrogen-bond donors (Lipinski definition) is 1. The van der Waals surface area contributed by atoms with Crippen LogP contribution in [-0.4, -0.2) is 73.1 Å². The summed E-state index contributed by atoms with van der Waals surface area (Å²) >= 11 is -2.33. The van der Waals surface area contributed by atoms with Gasteiger partial charge < -0.3 is 0 Å². The Hall–Kier alpha value is -3.57. The molecule has 0 spiro atoms. The van der Waals surface area contributed by atoms with Gasteiger partial charge >= 0.3 is 227 Å². The molecular formula is C25H22BiF2N3O7. The van der Waals surface area contributed by atoms with Gasteiger partial charge in [0, 0.05) is 0 Å². The van der Waals surface area contributed by atoms with E-state index in [9.17, 15) is 19.2 Å². The number of halogens is 2. The van der Waals surface area contributed by atoms with Crippen molar-refractivity contribution in [2.75, 3.05) is 11.9 Å². The van der Waals surface area contributed by atoms with Crippen LogP contribution in [0.1, 0.15) is 23.5 Å². The Bertz CT molecular complexity index is 1370. The van der Waals surface area contributed by atoms with Crippen molar-refractivity contribution in [1.82, 2.24) is 9.55 Å². The van der Waals surface area contributed by atoms with Crippen molar-refractivity contribution in [3.63, 3.8) is 0 Å². The van der Waals surface area contributed by atoms with Crippen molar-refractivity contribution in [3.8, 4) is 0 Å². The molecular weight excluding hydrogens is 701 g/mol. The molecule has 0 unspecified atom stereocenters. The Labute approximate surface area is 226 Å². The van der Waals surface area contributed by atoms with Crippen molar-refractivity contribution in [3.05, 3.63) is 89.0 Å². The van der Waals surface area contributed by atoms with Crippen LogP contribution in [0, 0.1) is 0 Å². The molecule has 4 rings (SSSR count). The van der Waals surface area contributed by atoms with Crippen molar-refractivity contribution in [2.24, 2.45) is 0 Å². The number of alkyl halides is 2. The van der Waals surface area contributed by atoms with Crippen LogP contribution in [0.4, 0.5) is 19.4 Å². The molecule has 0 radical (unpaired) electrons. The summed E-state index contributed by atoms with van der Waals surface area (Å²) in [6.07, 6.45) is -4.94. The topological polar surface area (TPSA) is 126 Å². The molecule has 198 valence electrons. The van der Waals surface area contributed by atoms with Crippen LogP contribution < -0.4 is 14.3 Å². The van der Waals surface area contributed by atoms with Crippen LogP contribution in [0.3, 0.4) is 0 Å². The maximum absolute atomic E-state index is 15.7. The van der Waals surface area contributed by atoms with E-state index >= 15 is 8.78 Å². The normalized spacial score (nSPS) is 19.9. The Morgan fingerprint density at radius 3 is 2.37 bits per heavy atom. The van der Waals surface area contributed by atoms with E-state index in [0.29, 0.717) is 4.57 Å². The Kier molecular flexibility index (Phi) is 8.58. The summed E-state index contributed by atoms with van der Waals surface area (Å²) in [5.74, 6) is -5.31. The summed E-state index contributed by atoms with van der Waals surface area (Å²) in [5, 5.41) is 2.29. The first-order valence-electron chi connectivity index (χ1n) is 11.3. The molecule has 1 aromatic heterocycles. The Balaban J connectivity index is 1.58. The van der Waals surface area contributed by atoms with E-state index in [2.05, 4.69) is 10.3 Å². The summed E-state index contributed by atoms with van der Waals surface area (Å²) in [5.41, 5.74) is -0.939. The van der Waals surface area contributed by atoms with Crippen LogP contribution in [0.2, 0.25) is 0 Å². The molecule has 3 aromatic rings. The van der Waals surface area contributed by atoms with Gasteiger partial charge in [-0.15, -0.1) is 0 Å². The Morgan fingerprint density at radius 2 is 1.74 bits per heavy atom. The summed E-state index contributed by atoms with van der Waals surface area (Å²) in [7, 11) is 0. The van der Waals surface area contributed by atoms with Crippen molar-refractivity contribution >= 4 is 47.9 Å². The first-order chi connectivity index (χ1) is 18.1. The van der Waals surface area contributed by atoms with Gasteiger partial charge in [0.25, 0.3) is 0 Å². The summed E-state index contributed by atoms with van der Waals surface area (Å²) in [6, 6.07) is 17.7. The number of benzene rings is 2. The molecule has 0 saturated carbocycles. The second-order valence-corrected chi connectivity index (χ2v) is 13.0. The molecule has 38 heavy (non-hydrogen) atoms. The van der Waals surface area contributed by atoms with Crippen molar-refractivity contribution in [2.45, 2.75) is 31.3 Å². The fraction of sp³-hybridized carbons (Fsp3) is 0.240. The summed E-state index contributed by atoms with van der Waals surface area (Å²) < 4.78 is 47.7. The third-order valence-corrected chi connectivity index (χ3v) is 9.05. The number of ether oxygens (including phenoxy) is 3. The number of amides is 1.